The molecular formula is C75H68N2. The lowest BCUT2D eigenvalue weighted by Crippen LogP contribution is -2.35. The second-order valence-electron chi connectivity index (χ2n) is 23.1. The summed E-state index contributed by atoms with van der Waals surface area (Å²) < 4.78 is 0. The molecule has 3 aliphatic carbocycles. The van der Waals surface area contributed by atoms with E-state index in [1.54, 1.807) is 0 Å². The van der Waals surface area contributed by atoms with Gasteiger partial charge in [-0.05, 0) is 194 Å². The molecule has 2 unspecified atom stereocenters. The van der Waals surface area contributed by atoms with Gasteiger partial charge in [-0.3, -0.25) is 0 Å². The van der Waals surface area contributed by atoms with Crippen LogP contribution in [0.1, 0.15) is 101 Å². The van der Waals surface area contributed by atoms with E-state index < -0.39 is 0 Å². The van der Waals surface area contributed by atoms with Crippen molar-refractivity contribution in [3.63, 3.8) is 0 Å². The average molecular weight is 997 g/mol. The van der Waals surface area contributed by atoms with Crippen LogP contribution in [0, 0.1) is 33.6 Å². The number of nitrogens with zero attached hydrogens (tertiary/aromatic N) is 2. The molecule has 0 fully saturated rings. The van der Waals surface area contributed by atoms with Gasteiger partial charge in [-0.15, -0.1) is 0 Å². The van der Waals surface area contributed by atoms with E-state index in [-0.39, 0.29) is 16.9 Å². The predicted octanol–water partition coefficient (Wildman–Crippen LogP) is 20.3. The Balaban J connectivity index is 0.724. The first-order valence-corrected chi connectivity index (χ1v) is 27.5. The average Bonchev–Trinajstić information content (AvgIpc) is 4.00. The largest absolute Gasteiger partial charge is 0.334 e. The van der Waals surface area contributed by atoms with Crippen molar-refractivity contribution in [3.8, 4) is 33.4 Å². The number of anilines is 5. The summed E-state index contributed by atoms with van der Waals surface area (Å²) in [6.07, 6.45) is 18.1. The van der Waals surface area contributed by atoms with Crippen molar-refractivity contribution < 1.29 is 0 Å². The minimum absolute atomic E-state index is 0.147. The molecule has 2 atom stereocenters. The van der Waals surface area contributed by atoms with Crippen LogP contribution in [0.2, 0.25) is 0 Å². The van der Waals surface area contributed by atoms with Crippen LogP contribution in [0.25, 0.3) is 57.7 Å². The van der Waals surface area contributed by atoms with Crippen molar-refractivity contribution in [1.82, 2.24) is 0 Å². The summed E-state index contributed by atoms with van der Waals surface area (Å²) in [4.78, 5) is 4.94. The van der Waals surface area contributed by atoms with E-state index in [1.165, 1.54) is 123 Å². The molecule has 77 heavy (non-hydrogen) atoms. The van der Waals surface area contributed by atoms with Crippen molar-refractivity contribution in [2.45, 2.75) is 79.2 Å². The zero-order valence-electron chi connectivity index (χ0n) is 46.1. The number of allylic oxidation sites excluding steroid dienone is 2. The number of benzene rings is 9. The van der Waals surface area contributed by atoms with Crippen LogP contribution < -0.4 is 9.80 Å². The molecule has 12 rings (SSSR count). The lowest BCUT2D eigenvalue weighted by atomic mass is 9.81. The first-order valence-electron chi connectivity index (χ1n) is 27.5. The Morgan fingerprint density at radius 1 is 0.351 bits per heavy atom. The Labute approximate surface area is 457 Å². The highest BCUT2D eigenvalue weighted by Crippen LogP contribution is 2.53. The first kappa shape index (κ1) is 49.4. The van der Waals surface area contributed by atoms with Gasteiger partial charge in [0.1, 0.15) is 0 Å². The zero-order valence-corrected chi connectivity index (χ0v) is 46.1. The molecule has 9 aromatic carbocycles. The normalized spacial score (nSPS) is 16.4. The maximum atomic E-state index is 2.55. The summed E-state index contributed by atoms with van der Waals surface area (Å²) in [6, 6.07) is 70.7. The summed E-state index contributed by atoms with van der Waals surface area (Å²) in [7, 11) is 0. The van der Waals surface area contributed by atoms with Gasteiger partial charge in [-0.2, -0.15) is 0 Å². The van der Waals surface area contributed by atoms with E-state index in [0.717, 1.165) is 5.69 Å². The third-order valence-corrected chi connectivity index (χ3v) is 16.6. The molecule has 3 aliphatic rings. The van der Waals surface area contributed by atoms with Gasteiger partial charge in [0.05, 0.1) is 6.04 Å². The number of aryl methyl sites for hydroxylation is 4. The Morgan fingerprint density at radius 3 is 1.25 bits per heavy atom. The van der Waals surface area contributed by atoms with Gasteiger partial charge in [0.15, 0.2) is 0 Å². The van der Waals surface area contributed by atoms with Crippen molar-refractivity contribution in [2.75, 3.05) is 9.80 Å². The lowest BCUT2D eigenvalue weighted by molar-refractivity contribution is 0.608. The van der Waals surface area contributed by atoms with Crippen LogP contribution in [0.3, 0.4) is 0 Å². The molecule has 2 heteroatoms. The fraction of sp³-hybridized carbons (Fsp3) is 0.173. The van der Waals surface area contributed by atoms with Crippen LogP contribution in [0.5, 0.6) is 0 Å². The monoisotopic (exact) mass is 997 g/mol. The molecule has 0 aliphatic heterocycles. The minimum atomic E-state index is -0.157. The molecular weight excluding hydrogens is 929 g/mol. The van der Waals surface area contributed by atoms with Gasteiger partial charge in [0, 0.05) is 39.3 Å². The van der Waals surface area contributed by atoms with Gasteiger partial charge < -0.3 is 9.80 Å². The number of fused-ring (bicyclic) bond motifs is 6. The van der Waals surface area contributed by atoms with Gasteiger partial charge in [0.2, 0.25) is 0 Å². The summed E-state index contributed by atoms with van der Waals surface area (Å²) in [6.45, 7) is 20.6. The molecule has 2 nitrogen and oxygen atoms in total. The van der Waals surface area contributed by atoms with E-state index in [1.807, 2.05) is 0 Å². The van der Waals surface area contributed by atoms with Crippen LogP contribution in [-0.4, -0.2) is 6.04 Å². The van der Waals surface area contributed by atoms with Gasteiger partial charge >= 0.3 is 0 Å². The van der Waals surface area contributed by atoms with E-state index in [9.17, 15) is 0 Å². The third kappa shape index (κ3) is 9.31. The van der Waals surface area contributed by atoms with Crippen LogP contribution >= 0.6 is 0 Å². The molecule has 0 spiro atoms. The molecule has 0 bridgehead atoms. The van der Waals surface area contributed by atoms with Crippen molar-refractivity contribution in [1.29, 1.82) is 0 Å². The van der Waals surface area contributed by atoms with Crippen LogP contribution in [0.15, 0.2) is 212 Å². The molecule has 0 aromatic heterocycles. The molecule has 0 saturated carbocycles. The van der Waals surface area contributed by atoms with E-state index in [2.05, 4.69) is 309 Å². The van der Waals surface area contributed by atoms with Crippen molar-refractivity contribution in [3.05, 3.63) is 279 Å². The molecule has 9 aromatic rings. The molecule has 378 valence electrons. The van der Waals surface area contributed by atoms with E-state index in [4.69, 9.17) is 0 Å². The molecule has 0 N–H and O–H groups in total. The number of hydrogen-bond donors (Lipinski definition) is 0. The summed E-state index contributed by atoms with van der Waals surface area (Å²) >= 11 is 0. The van der Waals surface area contributed by atoms with Crippen LogP contribution in [-0.2, 0) is 10.8 Å². The SMILES string of the molecule is Cc1cc(C)cc(N(c2ccccc2)c2ccc3c(c2)C(C)(C)c2cc(/C=C/c4ccc(-c5ccc(/C=C/c6ccc7c(c6)C(C)(C)c6cc(N(c8cc(C)cc(C)c8)C8C=CC=CC8C)ccc6-7)cc5)cc4)ccc2-3)c1. The lowest BCUT2D eigenvalue weighted by Gasteiger charge is -2.37. The highest BCUT2D eigenvalue weighted by Gasteiger charge is 2.38. The Kier molecular flexibility index (Phi) is 12.6. The Bertz CT molecular complexity index is 3820. The summed E-state index contributed by atoms with van der Waals surface area (Å²) in [5.41, 5.74) is 28.8. The standard InChI is InChI=1S/C75H68N2/c1-49-39-50(2)42-63(41-49)76(60-16-11-10-12-17-60)61-33-37-67-65-35-27-56(45-69(65)74(6,7)71(67)47-61)21-19-54-23-29-58(30-24-54)59-31-25-55(26-32-59)20-22-57-28-36-66-68-38-34-62(48-72(68)75(8,9)70(66)46-57)77(73-18-14-13-15-53(73)5)64-43-51(3)40-52(4)44-64/h10-48,53,73H,1-9H3/b21-19+,22-20+. The molecule has 0 amide bonds. The number of rotatable bonds is 11. The van der Waals surface area contributed by atoms with Gasteiger partial charge in [0.25, 0.3) is 0 Å². The van der Waals surface area contributed by atoms with E-state index >= 15 is 0 Å². The van der Waals surface area contributed by atoms with Gasteiger partial charge in [-0.25, -0.2) is 0 Å². The Hall–Kier alpha value is -8.46. The highest BCUT2D eigenvalue weighted by molar-refractivity contribution is 5.88. The quantitative estimate of drug-likeness (QED) is 0.119. The number of para-hydroxylation sites is 1. The summed E-state index contributed by atoms with van der Waals surface area (Å²) in [5, 5.41) is 0. The second kappa shape index (κ2) is 19.6. The predicted molar refractivity (Wildman–Crippen MR) is 331 cm³/mol. The molecule has 0 saturated heterocycles. The molecule has 0 heterocycles. The second-order valence-corrected chi connectivity index (χ2v) is 23.1. The fourth-order valence-electron chi connectivity index (χ4n) is 12.7. The zero-order chi connectivity index (χ0) is 53.2. The fourth-order valence-corrected chi connectivity index (χ4v) is 12.7. The minimum Gasteiger partial charge on any atom is -0.334 e. The van der Waals surface area contributed by atoms with Crippen LogP contribution in [0.4, 0.5) is 28.4 Å². The maximum Gasteiger partial charge on any atom is 0.0585 e. The summed E-state index contributed by atoms with van der Waals surface area (Å²) in [5.74, 6) is 0.380. The maximum absolute atomic E-state index is 2.55. The Morgan fingerprint density at radius 2 is 0.753 bits per heavy atom. The highest BCUT2D eigenvalue weighted by atomic mass is 15.2. The van der Waals surface area contributed by atoms with E-state index in [0.29, 0.717) is 5.92 Å². The molecule has 0 radical (unpaired) electrons. The van der Waals surface area contributed by atoms with Crippen molar-refractivity contribution in [2.24, 2.45) is 5.92 Å². The smallest absolute Gasteiger partial charge is 0.0585 e. The third-order valence-electron chi connectivity index (χ3n) is 16.6. The van der Waals surface area contributed by atoms with Gasteiger partial charge in [-0.1, -0.05) is 211 Å². The first-order chi connectivity index (χ1) is 37.2. The number of hydrogen-bond acceptors (Lipinski definition) is 2. The topological polar surface area (TPSA) is 6.48 Å². The van der Waals surface area contributed by atoms with Crippen molar-refractivity contribution >= 4 is 52.7 Å².